The average molecular weight is 442 g/mol. The Bertz CT molecular complexity index is 1270. The van der Waals surface area contributed by atoms with Crippen LogP contribution in [0.2, 0.25) is 0 Å². The molecule has 0 unspecified atom stereocenters. The number of rotatable bonds is 4. The Labute approximate surface area is 193 Å². The van der Waals surface area contributed by atoms with Crippen molar-refractivity contribution in [1.29, 1.82) is 0 Å². The number of isothiocyanates is 1. The maximum atomic E-state index is 14.2. The highest BCUT2D eigenvalue weighted by atomic mass is 32.1. The molecule has 0 aliphatic carbocycles. The molecule has 4 heteroatoms. The Morgan fingerprint density at radius 2 is 1.50 bits per heavy atom. The first kappa shape index (κ1) is 23.1. The summed E-state index contributed by atoms with van der Waals surface area (Å²) in [4.78, 5) is 3.44. The van der Waals surface area contributed by atoms with Gasteiger partial charge >= 0.3 is 0 Å². The minimum Gasteiger partial charge on any atom is -0.204 e. The number of aliphatic imine (C=N–C) groups is 1. The van der Waals surface area contributed by atoms with Crippen LogP contribution >= 0.6 is 12.2 Å². The maximum Gasteiger partial charge on any atom is 0.153 e. The van der Waals surface area contributed by atoms with Gasteiger partial charge < -0.3 is 0 Å². The lowest BCUT2D eigenvalue weighted by atomic mass is 9.99. The van der Waals surface area contributed by atoms with Gasteiger partial charge in [-0.1, -0.05) is 49.2 Å². The van der Waals surface area contributed by atoms with Crippen LogP contribution in [-0.4, -0.2) is 5.16 Å². The lowest BCUT2D eigenvalue weighted by Gasteiger charge is -2.07. The number of hydrogen-bond donors (Lipinski definition) is 0. The molecule has 1 nitrogen and oxygen atoms in total. The second-order valence-corrected chi connectivity index (χ2v) is 7.44. The quantitative estimate of drug-likeness (QED) is 0.176. The Balaban J connectivity index is 1.79. The molecule has 0 saturated heterocycles. The summed E-state index contributed by atoms with van der Waals surface area (Å²) < 4.78 is 28.3. The molecule has 3 aromatic carbocycles. The molecule has 0 fully saturated rings. The molecule has 0 radical (unpaired) electrons. The topological polar surface area (TPSA) is 12.4 Å². The molecule has 0 heterocycles. The van der Waals surface area contributed by atoms with Gasteiger partial charge in [0, 0.05) is 23.1 Å². The van der Waals surface area contributed by atoms with E-state index in [9.17, 15) is 8.78 Å². The number of hydrogen-bond acceptors (Lipinski definition) is 2. The van der Waals surface area contributed by atoms with Gasteiger partial charge in [-0.2, -0.15) is 4.99 Å². The molecule has 0 amide bonds. The van der Waals surface area contributed by atoms with Crippen molar-refractivity contribution in [2.24, 2.45) is 4.99 Å². The van der Waals surface area contributed by atoms with Gasteiger partial charge in [-0.3, -0.25) is 0 Å². The van der Waals surface area contributed by atoms with Crippen LogP contribution in [-0.2, 0) is 0 Å². The van der Waals surface area contributed by atoms with E-state index in [2.05, 4.69) is 47.8 Å². The van der Waals surface area contributed by atoms with E-state index in [1.807, 2.05) is 48.5 Å². The minimum absolute atomic E-state index is 0.418. The molecule has 0 atom stereocenters. The van der Waals surface area contributed by atoms with Gasteiger partial charge in [-0.15, -0.1) is 0 Å². The Morgan fingerprint density at radius 1 is 0.844 bits per heavy atom. The van der Waals surface area contributed by atoms with Gasteiger partial charge in [0.05, 0.1) is 5.16 Å². The molecule has 0 saturated carbocycles. The lowest BCUT2D eigenvalue weighted by Crippen LogP contribution is -1.89. The van der Waals surface area contributed by atoms with Crippen molar-refractivity contribution < 1.29 is 8.78 Å². The molecule has 0 bridgehead atoms. The molecule has 0 N–H and O–H groups in total. The summed E-state index contributed by atoms with van der Waals surface area (Å²) in [5.74, 6) is 11.1. The van der Waals surface area contributed by atoms with Gasteiger partial charge in [-0.05, 0) is 84.7 Å². The van der Waals surface area contributed by atoms with Crippen LogP contribution < -0.4 is 0 Å². The summed E-state index contributed by atoms with van der Waals surface area (Å²) in [6.45, 7) is 4.07. The number of thiocarbonyl (C=S) groups is 1. The monoisotopic (exact) mass is 441 g/mol. The van der Waals surface area contributed by atoms with Crippen molar-refractivity contribution in [2.45, 2.75) is 33.1 Å². The zero-order chi connectivity index (χ0) is 22.9. The summed E-state index contributed by atoms with van der Waals surface area (Å²) in [6.07, 6.45) is 3.18. The fraction of sp³-hybridized carbons (Fsp3) is 0.179. The molecule has 3 rings (SSSR count). The number of halogens is 2. The zero-order valence-corrected chi connectivity index (χ0v) is 18.7. The van der Waals surface area contributed by atoms with Crippen LogP contribution in [0.15, 0.2) is 59.6 Å². The second kappa shape index (κ2) is 11.2. The Morgan fingerprint density at radius 3 is 2.09 bits per heavy atom. The molecule has 0 aliphatic rings. The van der Waals surface area contributed by atoms with Gasteiger partial charge in [0.15, 0.2) is 11.6 Å². The van der Waals surface area contributed by atoms with E-state index in [-0.39, 0.29) is 0 Å². The fourth-order valence-corrected chi connectivity index (χ4v) is 3.17. The SMILES string of the molecule is CCCCC#Cc1ccc(C#Cc2ccc(-c3cc(F)c(N=C=S)c(F)c3)cc2C)cc1. The summed E-state index contributed by atoms with van der Waals surface area (Å²) in [7, 11) is 0. The van der Waals surface area contributed by atoms with E-state index in [1.165, 1.54) is 12.1 Å². The van der Waals surface area contributed by atoms with Crippen LogP contribution in [0.1, 0.15) is 48.4 Å². The van der Waals surface area contributed by atoms with Crippen molar-refractivity contribution in [3.05, 3.63) is 88.5 Å². The van der Waals surface area contributed by atoms with Crippen molar-refractivity contribution in [2.75, 3.05) is 0 Å². The fourth-order valence-electron chi connectivity index (χ4n) is 3.07. The van der Waals surface area contributed by atoms with E-state index in [0.29, 0.717) is 11.1 Å². The van der Waals surface area contributed by atoms with Crippen LogP contribution in [0.5, 0.6) is 0 Å². The number of unbranched alkanes of at least 4 members (excludes halogenated alkanes) is 2. The van der Waals surface area contributed by atoms with E-state index < -0.39 is 17.3 Å². The third-order valence-corrected chi connectivity index (χ3v) is 4.94. The van der Waals surface area contributed by atoms with Gasteiger partial charge in [0.1, 0.15) is 5.69 Å². The first-order valence-corrected chi connectivity index (χ1v) is 10.7. The van der Waals surface area contributed by atoms with Gasteiger partial charge in [-0.25, -0.2) is 8.78 Å². The van der Waals surface area contributed by atoms with Crippen LogP contribution in [0.4, 0.5) is 14.5 Å². The van der Waals surface area contributed by atoms with Crippen LogP contribution in [0, 0.1) is 42.2 Å². The van der Waals surface area contributed by atoms with Crippen molar-refractivity contribution in [3.8, 4) is 34.8 Å². The first-order chi connectivity index (χ1) is 15.5. The molecule has 0 aromatic heterocycles. The van der Waals surface area contributed by atoms with E-state index in [4.69, 9.17) is 0 Å². The summed E-state index contributed by atoms with van der Waals surface area (Å²) in [5, 5.41) is 1.99. The number of nitrogens with zero attached hydrogens (tertiary/aromatic N) is 1. The zero-order valence-electron chi connectivity index (χ0n) is 17.9. The standard InChI is InChI=1S/C28H21F2NS/c1-3-4-5-6-7-21-8-10-22(11-9-21)12-13-23-14-15-24(16-20(23)2)25-17-26(29)28(31-19-32)27(30)18-25/h8-11,14-18H,3-5H2,1-2H3. The van der Waals surface area contributed by atoms with E-state index in [1.54, 1.807) is 6.07 Å². The second-order valence-electron chi connectivity index (χ2n) is 7.25. The van der Waals surface area contributed by atoms with E-state index in [0.717, 1.165) is 41.5 Å². The van der Waals surface area contributed by atoms with E-state index >= 15 is 0 Å². The number of aryl methyl sites for hydroxylation is 1. The van der Waals surface area contributed by atoms with Crippen molar-refractivity contribution in [1.82, 2.24) is 0 Å². The summed E-state index contributed by atoms with van der Waals surface area (Å²) in [5.41, 5.74) is 4.31. The third-order valence-electron chi connectivity index (χ3n) is 4.85. The predicted octanol–water partition coefficient (Wildman–Crippen LogP) is 7.62. The molecule has 0 spiro atoms. The Kier molecular flexibility index (Phi) is 8.07. The molecular weight excluding hydrogens is 420 g/mol. The van der Waals surface area contributed by atoms with Crippen molar-refractivity contribution in [3.63, 3.8) is 0 Å². The third kappa shape index (κ3) is 5.99. The predicted molar refractivity (Wildman–Crippen MR) is 130 cm³/mol. The smallest absolute Gasteiger partial charge is 0.153 e. The largest absolute Gasteiger partial charge is 0.204 e. The summed E-state index contributed by atoms with van der Waals surface area (Å²) in [6, 6.07) is 15.8. The van der Waals surface area contributed by atoms with Crippen LogP contribution in [0.25, 0.3) is 11.1 Å². The summed E-state index contributed by atoms with van der Waals surface area (Å²) >= 11 is 4.43. The molecule has 32 heavy (non-hydrogen) atoms. The molecule has 3 aromatic rings. The average Bonchev–Trinajstić information content (AvgIpc) is 2.79. The van der Waals surface area contributed by atoms with Crippen molar-refractivity contribution >= 4 is 23.1 Å². The highest BCUT2D eigenvalue weighted by molar-refractivity contribution is 7.78. The molecular formula is C28H21F2NS. The van der Waals surface area contributed by atoms with Crippen LogP contribution in [0.3, 0.4) is 0 Å². The molecule has 158 valence electrons. The normalized spacial score (nSPS) is 9.75. The highest BCUT2D eigenvalue weighted by Gasteiger charge is 2.12. The molecule has 0 aliphatic heterocycles. The number of benzene rings is 3. The minimum atomic E-state index is -0.780. The van der Waals surface area contributed by atoms with Gasteiger partial charge in [0.2, 0.25) is 0 Å². The maximum absolute atomic E-state index is 14.2. The lowest BCUT2D eigenvalue weighted by molar-refractivity contribution is 0.588. The first-order valence-electron chi connectivity index (χ1n) is 10.3. The van der Waals surface area contributed by atoms with Gasteiger partial charge in [0.25, 0.3) is 0 Å². The highest BCUT2D eigenvalue weighted by Crippen LogP contribution is 2.30. The Hall–Kier alpha value is -3.56.